The molecule has 1 aliphatic rings. The first-order valence-corrected chi connectivity index (χ1v) is 6.59. The van der Waals surface area contributed by atoms with Crippen molar-refractivity contribution in [2.45, 2.75) is 38.3 Å². The number of likely N-dealkylation sites (tertiary alicyclic amines) is 1. The normalized spacial score (nSPS) is 20.1. The van der Waals surface area contributed by atoms with E-state index >= 15 is 0 Å². The molecule has 2 nitrogen and oxygen atoms in total. The summed E-state index contributed by atoms with van der Waals surface area (Å²) in [4.78, 5) is 2.23. The van der Waals surface area contributed by atoms with Gasteiger partial charge in [0.15, 0.2) is 11.6 Å². The van der Waals surface area contributed by atoms with Crippen molar-refractivity contribution in [1.29, 1.82) is 0 Å². The van der Waals surface area contributed by atoms with Crippen LogP contribution in [0.5, 0.6) is 0 Å². The third kappa shape index (κ3) is 4.13. The van der Waals surface area contributed by atoms with Crippen LogP contribution in [0.1, 0.15) is 31.2 Å². The van der Waals surface area contributed by atoms with Crippen molar-refractivity contribution in [3.63, 3.8) is 0 Å². The van der Waals surface area contributed by atoms with E-state index < -0.39 is 11.6 Å². The van der Waals surface area contributed by atoms with E-state index in [0.29, 0.717) is 24.7 Å². The van der Waals surface area contributed by atoms with Crippen LogP contribution >= 0.6 is 12.4 Å². The highest BCUT2D eigenvalue weighted by Crippen LogP contribution is 2.23. The number of benzene rings is 1. The summed E-state index contributed by atoms with van der Waals surface area (Å²) in [5, 5.41) is 0. The number of piperidine rings is 1. The van der Waals surface area contributed by atoms with Crippen molar-refractivity contribution in [3.05, 3.63) is 35.4 Å². The molecule has 0 saturated carbocycles. The number of nitrogens with zero attached hydrogens (tertiary/aromatic N) is 1. The molecule has 2 rings (SSSR count). The van der Waals surface area contributed by atoms with E-state index in [1.807, 2.05) is 0 Å². The fourth-order valence-electron chi connectivity index (χ4n) is 2.68. The molecule has 1 heterocycles. The summed E-state index contributed by atoms with van der Waals surface area (Å²) in [5.41, 5.74) is 6.05. The van der Waals surface area contributed by atoms with E-state index in [4.69, 9.17) is 5.73 Å². The van der Waals surface area contributed by atoms with E-state index in [9.17, 15) is 8.78 Å². The quantitative estimate of drug-likeness (QED) is 0.923. The van der Waals surface area contributed by atoms with Crippen LogP contribution in [0, 0.1) is 11.6 Å². The fourth-order valence-corrected chi connectivity index (χ4v) is 2.68. The number of halogens is 3. The predicted molar refractivity (Wildman–Crippen MR) is 75.3 cm³/mol. The van der Waals surface area contributed by atoms with Gasteiger partial charge in [0.25, 0.3) is 0 Å². The topological polar surface area (TPSA) is 29.3 Å². The summed E-state index contributed by atoms with van der Waals surface area (Å²) in [6, 6.07) is 4.79. The summed E-state index contributed by atoms with van der Waals surface area (Å²) in [6.45, 7) is 2.07. The van der Waals surface area contributed by atoms with Crippen molar-refractivity contribution in [1.82, 2.24) is 4.90 Å². The van der Waals surface area contributed by atoms with Gasteiger partial charge in [0.2, 0.25) is 0 Å². The SMILES string of the molecule is Cl.NCCC1CCCCN1Cc1cccc(F)c1F. The van der Waals surface area contributed by atoms with Gasteiger partial charge in [-0.3, -0.25) is 4.90 Å². The van der Waals surface area contributed by atoms with E-state index in [-0.39, 0.29) is 12.4 Å². The third-order valence-electron chi connectivity index (χ3n) is 3.65. The van der Waals surface area contributed by atoms with Gasteiger partial charge in [0, 0.05) is 18.2 Å². The van der Waals surface area contributed by atoms with Crippen molar-refractivity contribution in [3.8, 4) is 0 Å². The Morgan fingerprint density at radius 3 is 2.79 bits per heavy atom. The van der Waals surface area contributed by atoms with Crippen LogP contribution in [-0.4, -0.2) is 24.0 Å². The lowest BCUT2D eigenvalue weighted by Gasteiger charge is -2.35. The van der Waals surface area contributed by atoms with Crippen LogP contribution in [0.2, 0.25) is 0 Å². The minimum absolute atomic E-state index is 0. The number of nitrogens with two attached hydrogens (primary N) is 1. The molecule has 0 bridgehead atoms. The maximum atomic E-state index is 13.6. The molecule has 108 valence electrons. The highest BCUT2D eigenvalue weighted by Gasteiger charge is 2.23. The molecule has 0 radical (unpaired) electrons. The van der Waals surface area contributed by atoms with Crippen LogP contribution in [0.4, 0.5) is 8.78 Å². The number of hydrogen-bond donors (Lipinski definition) is 1. The Labute approximate surface area is 119 Å². The monoisotopic (exact) mass is 290 g/mol. The molecule has 0 aromatic heterocycles. The Morgan fingerprint density at radius 2 is 2.05 bits per heavy atom. The average molecular weight is 291 g/mol. The second-order valence-electron chi connectivity index (χ2n) is 4.91. The molecule has 0 amide bonds. The van der Waals surface area contributed by atoms with Gasteiger partial charge < -0.3 is 5.73 Å². The van der Waals surface area contributed by atoms with Crippen molar-refractivity contribution < 1.29 is 8.78 Å². The molecule has 0 aliphatic carbocycles. The van der Waals surface area contributed by atoms with Gasteiger partial charge in [-0.25, -0.2) is 8.78 Å². The van der Waals surface area contributed by atoms with Gasteiger partial charge in [-0.2, -0.15) is 0 Å². The lowest BCUT2D eigenvalue weighted by molar-refractivity contribution is 0.132. The van der Waals surface area contributed by atoms with E-state index in [0.717, 1.165) is 31.9 Å². The second kappa shape index (κ2) is 7.78. The van der Waals surface area contributed by atoms with Gasteiger partial charge in [-0.05, 0) is 38.4 Å². The van der Waals surface area contributed by atoms with Crippen molar-refractivity contribution >= 4 is 12.4 Å². The highest BCUT2D eigenvalue weighted by atomic mass is 35.5. The standard InChI is InChI=1S/C14H20F2N2.ClH/c15-13-6-3-4-11(14(13)16)10-18-9-2-1-5-12(18)7-8-17;/h3-4,6,12H,1-2,5,7-10,17H2;1H. The van der Waals surface area contributed by atoms with Crippen LogP contribution in [-0.2, 0) is 6.54 Å². The highest BCUT2D eigenvalue weighted by molar-refractivity contribution is 5.85. The van der Waals surface area contributed by atoms with Gasteiger partial charge in [-0.1, -0.05) is 18.6 Å². The molecule has 2 N–H and O–H groups in total. The van der Waals surface area contributed by atoms with Gasteiger partial charge in [0.05, 0.1) is 0 Å². The lowest BCUT2D eigenvalue weighted by atomic mass is 9.98. The molecule has 1 aliphatic heterocycles. The zero-order valence-corrected chi connectivity index (χ0v) is 11.8. The molecular formula is C14H21ClF2N2. The first kappa shape index (κ1) is 16.3. The Morgan fingerprint density at radius 1 is 1.26 bits per heavy atom. The Balaban J connectivity index is 0.00000180. The Kier molecular flexibility index (Phi) is 6.69. The van der Waals surface area contributed by atoms with E-state index in [2.05, 4.69) is 4.90 Å². The second-order valence-corrected chi connectivity index (χ2v) is 4.91. The van der Waals surface area contributed by atoms with Crippen LogP contribution in [0.25, 0.3) is 0 Å². The van der Waals surface area contributed by atoms with Crippen LogP contribution in [0.15, 0.2) is 18.2 Å². The molecule has 0 spiro atoms. The first-order valence-electron chi connectivity index (χ1n) is 6.59. The maximum Gasteiger partial charge on any atom is 0.163 e. The molecular weight excluding hydrogens is 270 g/mol. The summed E-state index contributed by atoms with van der Waals surface area (Å²) >= 11 is 0. The van der Waals surface area contributed by atoms with E-state index in [1.54, 1.807) is 12.1 Å². The Bertz CT molecular complexity index is 399. The zero-order chi connectivity index (χ0) is 13.0. The summed E-state index contributed by atoms with van der Waals surface area (Å²) < 4.78 is 26.8. The fraction of sp³-hybridized carbons (Fsp3) is 0.571. The van der Waals surface area contributed by atoms with Gasteiger partial charge in [-0.15, -0.1) is 12.4 Å². The molecule has 5 heteroatoms. The summed E-state index contributed by atoms with van der Waals surface area (Å²) in [7, 11) is 0. The lowest BCUT2D eigenvalue weighted by Crippen LogP contribution is -2.40. The van der Waals surface area contributed by atoms with E-state index in [1.165, 1.54) is 6.42 Å². The minimum Gasteiger partial charge on any atom is -0.330 e. The van der Waals surface area contributed by atoms with Crippen molar-refractivity contribution in [2.75, 3.05) is 13.1 Å². The smallest absolute Gasteiger partial charge is 0.163 e. The number of rotatable bonds is 4. The van der Waals surface area contributed by atoms with Gasteiger partial charge in [0.1, 0.15) is 0 Å². The van der Waals surface area contributed by atoms with Crippen molar-refractivity contribution in [2.24, 2.45) is 5.73 Å². The molecule has 1 atom stereocenters. The Hall–Kier alpha value is -0.710. The maximum absolute atomic E-state index is 13.6. The molecule has 1 fully saturated rings. The minimum atomic E-state index is -0.764. The predicted octanol–water partition coefficient (Wildman–Crippen LogP) is 3.09. The average Bonchev–Trinajstić information content (AvgIpc) is 2.37. The molecule has 19 heavy (non-hydrogen) atoms. The first-order chi connectivity index (χ1) is 8.72. The molecule has 1 unspecified atom stereocenters. The molecule has 1 saturated heterocycles. The number of hydrogen-bond acceptors (Lipinski definition) is 2. The molecule has 1 aromatic rings. The zero-order valence-electron chi connectivity index (χ0n) is 10.9. The third-order valence-corrected chi connectivity index (χ3v) is 3.65. The van der Waals surface area contributed by atoms with Crippen LogP contribution < -0.4 is 5.73 Å². The molecule has 1 aromatic carbocycles. The summed E-state index contributed by atoms with van der Waals surface area (Å²) in [5.74, 6) is -1.48. The largest absolute Gasteiger partial charge is 0.330 e. The van der Waals surface area contributed by atoms with Gasteiger partial charge >= 0.3 is 0 Å². The van der Waals surface area contributed by atoms with Crippen LogP contribution in [0.3, 0.4) is 0 Å². The summed E-state index contributed by atoms with van der Waals surface area (Å²) in [6.07, 6.45) is 4.36.